The van der Waals surface area contributed by atoms with Gasteiger partial charge in [-0.15, -0.1) is 0 Å². The molecule has 0 fully saturated rings. The summed E-state index contributed by atoms with van der Waals surface area (Å²) in [5, 5.41) is 12.8. The lowest BCUT2D eigenvalue weighted by Crippen LogP contribution is -2.29. The molecule has 0 amide bonds. The van der Waals surface area contributed by atoms with Crippen molar-refractivity contribution in [3.63, 3.8) is 0 Å². The summed E-state index contributed by atoms with van der Waals surface area (Å²) in [4.78, 5) is 11.1. The smallest absolute Gasteiger partial charge is 0.335 e. The van der Waals surface area contributed by atoms with Gasteiger partial charge in [-0.1, -0.05) is 30.4 Å². The van der Waals surface area contributed by atoms with E-state index in [1.807, 2.05) is 12.1 Å². The number of hydrogen-bond acceptors (Lipinski definition) is 2. The topological polar surface area (TPSA) is 49.3 Å². The third-order valence-corrected chi connectivity index (χ3v) is 5.33. The van der Waals surface area contributed by atoms with E-state index in [4.69, 9.17) is 5.11 Å². The fraction of sp³-hybridized carbons (Fsp3) is 0.286. The number of aromatic carboxylic acids is 1. The molecular formula is C21H21NO2. The van der Waals surface area contributed by atoms with Crippen molar-refractivity contribution in [1.82, 2.24) is 0 Å². The summed E-state index contributed by atoms with van der Waals surface area (Å²) in [6.45, 7) is 4.32. The minimum Gasteiger partial charge on any atom is -0.478 e. The minimum absolute atomic E-state index is 0.210. The lowest BCUT2D eigenvalue weighted by Gasteiger charge is -2.38. The average molecular weight is 319 g/mol. The molecule has 3 heteroatoms. The highest BCUT2D eigenvalue weighted by atomic mass is 16.4. The lowest BCUT2D eigenvalue weighted by molar-refractivity contribution is 0.0697. The van der Waals surface area contributed by atoms with E-state index in [-0.39, 0.29) is 6.04 Å². The van der Waals surface area contributed by atoms with Gasteiger partial charge in [0, 0.05) is 11.6 Å². The van der Waals surface area contributed by atoms with E-state index in [0.717, 1.165) is 12.0 Å². The number of carboxylic acid groups (broad SMARTS) is 1. The van der Waals surface area contributed by atoms with Crippen molar-refractivity contribution < 1.29 is 9.90 Å². The molecule has 4 rings (SSSR count). The molecule has 1 aliphatic carbocycles. The fourth-order valence-electron chi connectivity index (χ4n) is 4.30. The summed E-state index contributed by atoms with van der Waals surface area (Å²) in [6, 6.07) is 12.0. The highest BCUT2D eigenvalue weighted by Crippen LogP contribution is 2.50. The third-order valence-electron chi connectivity index (χ3n) is 5.33. The van der Waals surface area contributed by atoms with Crippen LogP contribution in [0.5, 0.6) is 0 Å². The van der Waals surface area contributed by atoms with Gasteiger partial charge in [-0.2, -0.15) is 0 Å². The Morgan fingerprint density at radius 1 is 1.17 bits per heavy atom. The van der Waals surface area contributed by atoms with Gasteiger partial charge < -0.3 is 10.4 Å². The number of benzene rings is 2. The molecule has 2 aliphatic rings. The number of aryl methyl sites for hydroxylation is 2. The zero-order valence-corrected chi connectivity index (χ0v) is 13.9. The van der Waals surface area contributed by atoms with Crippen LogP contribution in [0.1, 0.15) is 51.0 Å². The molecule has 0 radical (unpaired) electrons. The van der Waals surface area contributed by atoms with Crippen LogP contribution in [0.2, 0.25) is 0 Å². The minimum atomic E-state index is -0.879. The molecule has 0 spiro atoms. The van der Waals surface area contributed by atoms with E-state index in [2.05, 4.69) is 43.4 Å². The monoisotopic (exact) mass is 319 g/mol. The maximum Gasteiger partial charge on any atom is 0.335 e. The number of rotatable bonds is 2. The molecular weight excluding hydrogens is 298 g/mol. The standard InChI is InChI=1S/C21H21NO2/c1-12-10-13(2)19-16-4-3-5-17(16)20(22-18(19)11-12)14-6-8-15(9-7-14)21(23)24/h3-4,6-11,16-17,20,22H,5H2,1-2H3,(H,23,24)/t16-,17+,20-/m1/s1. The van der Waals surface area contributed by atoms with E-state index in [1.54, 1.807) is 12.1 Å². The molecule has 0 unspecified atom stereocenters. The van der Waals surface area contributed by atoms with Crippen molar-refractivity contribution >= 4 is 11.7 Å². The maximum atomic E-state index is 11.1. The van der Waals surface area contributed by atoms with Crippen molar-refractivity contribution in [2.24, 2.45) is 5.92 Å². The van der Waals surface area contributed by atoms with Gasteiger partial charge in [-0.3, -0.25) is 0 Å². The van der Waals surface area contributed by atoms with Crippen LogP contribution in [0.25, 0.3) is 0 Å². The molecule has 2 aromatic carbocycles. The van der Waals surface area contributed by atoms with E-state index in [1.165, 1.54) is 22.4 Å². The quantitative estimate of drug-likeness (QED) is 0.780. The van der Waals surface area contributed by atoms with Crippen LogP contribution in [-0.4, -0.2) is 11.1 Å². The first-order valence-corrected chi connectivity index (χ1v) is 8.42. The number of nitrogens with one attached hydrogen (secondary N) is 1. The van der Waals surface area contributed by atoms with Gasteiger partial charge in [0.05, 0.1) is 11.6 Å². The fourth-order valence-corrected chi connectivity index (χ4v) is 4.30. The zero-order valence-electron chi connectivity index (χ0n) is 13.9. The van der Waals surface area contributed by atoms with Crippen LogP contribution in [-0.2, 0) is 0 Å². The van der Waals surface area contributed by atoms with Crippen molar-refractivity contribution in [3.05, 3.63) is 76.4 Å². The third kappa shape index (κ3) is 2.32. The Morgan fingerprint density at radius 3 is 2.62 bits per heavy atom. The largest absolute Gasteiger partial charge is 0.478 e. The Labute approximate surface area is 142 Å². The van der Waals surface area contributed by atoms with Crippen LogP contribution in [0.4, 0.5) is 5.69 Å². The summed E-state index contributed by atoms with van der Waals surface area (Å²) in [5.74, 6) is 0.0377. The molecule has 2 aromatic rings. The van der Waals surface area contributed by atoms with E-state index >= 15 is 0 Å². The van der Waals surface area contributed by atoms with E-state index in [9.17, 15) is 4.79 Å². The first-order chi connectivity index (χ1) is 11.5. The summed E-state index contributed by atoms with van der Waals surface area (Å²) < 4.78 is 0. The maximum absolute atomic E-state index is 11.1. The van der Waals surface area contributed by atoms with Crippen LogP contribution < -0.4 is 5.32 Å². The number of anilines is 1. The Kier molecular flexibility index (Phi) is 3.45. The predicted octanol–water partition coefficient (Wildman–Crippen LogP) is 4.83. The highest BCUT2D eigenvalue weighted by molar-refractivity contribution is 5.87. The van der Waals surface area contributed by atoms with Gasteiger partial charge in [0.1, 0.15) is 0 Å². The van der Waals surface area contributed by atoms with Crippen molar-refractivity contribution in [3.8, 4) is 0 Å². The second kappa shape index (κ2) is 5.52. The van der Waals surface area contributed by atoms with Crippen molar-refractivity contribution in [1.29, 1.82) is 0 Å². The van der Waals surface area contributed by atoms with Crippen molar-refractivity contribution in [2.45, 2.75) is 32.2 Å². The predicted molar refractivity (Wildman–Crippen MR) is 95.7 cm³/mol. The average Bonchev–Trinajstić information content (AvgIpc) is 3.02. The molecule has 24 heavy (non-hydrogen) atoms. The summed E-state index contributed by atoms with van der Waals surface area (Å²) in [6.07, 6.45) is 5.67. The Morgan fingerprint density at radius 2 is 1.92 bits per heavy atom. The number of hydrogen-bond donors (Lipinski definition) is 2. The van der Waals surface area contributed by atoms with Gasteiger partial charge in [-0.25, -0.2) is 4.79 Å². The molecule has 0 aromatic heterocycles. The second-order valence-corrected chi connectivity index (χ2v) is 6.95. The van der Waals surface area contributed by atoms with Gasteiger partial charge in [0.15, 0.2) is 0 Å². The van der Waals surface area contributed by atoms with Gasteiger partial charge in [0.2, 0.25) is 0 Å². The molecule has 3 nitrogen and oxygen atoms in total. The number of carboxylic acids is 1. The van der Waals surface area contributed by atoms with Gasteiger partial charge in [0.25, 0.3) is 0 Å². The SMILES string of the molecule is Cc1cc(C)c2c(c1)N[C@H](c1ccc(C(=O)O)cc1)[C@H]1CC=C[C@@H]21. The summed E-state index contributed by atoms with van der Waals surface area (Å²) in [7, 11) is 0. The highest BCUT2D eigenvalue weighted by Gasteiger charge is 2.38. The van der Waals surface area contributed by atoms with Crippen LogP contribution in [0.3, 0.4) is 0 Å². The second-order valence-electron chi connectivity index (χ2n) is 6.95. The van der Waals surface area contributed by atoms with Crippen LogP contribution >= 0.6 is 0 Å². The molecule has 122 valence electrons. The number of carbonyl (C=O) groups is 1. The Balaban J connectivity index is 1.76. The molecule has 0 saturated heterocycles. The molecule has 1 heterocycles. The first-order valence-electron chi connectivity index (χ1n) is 8.42. The van der Waals surface area contributed by atoms with E-state index < -0.39 is 5.97 Å². The van der Waals surface area contributed by atoms with Crippen molar-refractivity contribution in [2.75, 3.05) is 5.32 Å². The van der Waals surface area contributed by atoms with E-state index in [0.29, 0.717) is 17.4 Å². The summed E-state index contributed by atoms with van der Waals surface area (Å²) in [5.41, 5.74) is 6.73. The number of fused-ring (bicyclic) bond motifs is 3. The molecule has 2 N–H and O–H groups in total. The first kappa shape index (κ1) is 15.0. The molecule has 0 bridgehead atoms. The lowest BCUT2D eigenvalue weighted by atomic mass is 9.75. The normalized spacial score (nSPS) is 24.2. The van der Waals surface area contributed by atoms with Crippen LogP contribution in [0.15, 0.2) is 48.6 Å². The number of allylic oxidation sites excluding steroid dienone is 2. The Hall–Kier alpha value is -2.55. The van der Waals surface area contributed by atoms with Gasteiger partial charge in [-0.05, 0) is 66.6 Å². The Bertz CT molecular complexity index is 836. The molecule has 3 atom stereocenters. The zero-order chi connectivity index (χ0) is 16.8. The van der Waals surface area contributed by atoms with Gasteiger partial charge >= 0.3 is 5.97 Å². The molecule has 1 aliphatic heterocycles. The van der Waals surface area contributed by atoms with Crippen LogP contribution in [0, 0.1) is 19.8 Å². The molecule has 0 saturated carbocycles. The summed E-state index contributed by atoms with van der Waals surface area (Å²) >= 11 is 0.